The maximum Gasteiger partial charge on any atom is 0.253 e. The van der Waals surface area contributed by atoms with Crippen molar-refractivity contribution in [2.45, 2.75) is 44.4 Å². The second kappa shape index (κ2) is 5.73. The summed E-state index contributed by atoms with van der Waals surface area (Å²) < 4.78 is 11.5. The summed E-state index contributed by atoms with van der Waals surface area (Å²) in [5, 5.41) is 0. The van der Waals surface area contributed by atoms with E-state index in [9.17, 15) is 4.79 Å². The van der Waals surface area contributed by atoms with Crippen LogP contribution < -0.4 is 0 Å². The molecular formula is C16H22N2O3. The molecule has 5 nitrogen and oxygen atoms in total. The third-order valence-corrected chi connectivity index (χ3v) is 4.54. The first-order valence-electron chi connectivity index (χ1n) is 7.57. The largest absolute Gasteiger partial charge is 0.348 e. The average Bonchev–Trinajstić information content (AvgIpc) is 2.95. The molecule has 0 N–H and O–H groups in total. The second-order valence-corrected chi connectivity index (χ2v) is 5.94. The number of hydrogen-bond acceptors (Lipinski definition) is 4. The van der Waals surface area contributed by atoms with E-state index in [2.05, 4.69) is 4.98 Å². The molecule has 0 unspecified atom stereocenters. The first-order chi connectivity index (χ1) is 10.1. The zero-order valence-electron chi connectivity index (χ0n) is 12.7. The molecule has 2 fully saturated rings. The van der Waals surface area contributed by atoms with Crippen molar-refractivity contribution in [1.29, 1.82) is 0 Å². The number of rotatable bonds is 2. The molecule has 5 heteroatoms. The van der Waals surface area contributed by atoms with Gasteiger partial charge in [-0.25, -0.2) is 0 Å². The van der Waals surface area contributed by atoms with E-state index in [1.54, 1.807) is 12.3 Å². The highest BCUT2D eigenvalue weighted by Crippen LogP contribution is 2.37. The van der Waals surface area contributed by atoms with Crippen LogP contribution in [0.4, 0.5) is 0 Å². The van der Waals surface area contributed by atoms with E-state index in [4.69, 9.17) is 9.47 Å². The molecule has 3 rings (SSSR count). The first-order valence-corrected chi connectivity index (χ1v) is 7.57. The molecular weight excluding hydrogens is 268 g/mol. The van der Waals surface area contributed by atoms with Crippen molar-refractivity contribution >= 4 is 5.91 Å². The number of aromatic nitrogens is 1. The fourth-order valence-electron chi connectivity index (χ4n) is 3.26. The Hall–Kier alpha value is -1.46. The van der Waals surface area contributed by atoms with Crippen LogP contribution in [0.1, 0.15) is 41.7 Å². The van der Waals surface area contributed by atoms with Gasteiger partial charge in [0, 0.05) is 43.4 Å². The molecule has 0 atom stereocenters. The number of carbonyl (C=O) groups is 1. The van der Waals surface area contributed by atoms with Crippen LogP contribution >= 0.6 is 0 Å². The summed E-state index contributed by atoms with van der Waals surface area (Å²) in [7, 11) is 1.89. The molecule has 1 aromatic rings. The molecule has 0 bridgehead atoms. The third-order valence-electron chi connectivity index (χ3n) is 4.54. The number of carbonyl (C=O) groups excluding carboxylic acids is 1. The van der Waals surface area contributed by atoms with Crippen LogP contribution in [0.2, 0.25) is 0 Å². The Labute approximate surface area is 125 Å². The van der Waals surface area contributed by atoms with E-state index in [0.717, 1.165) is 31.4 Å². The standard InChI is InChI=1S/C16H22N2O3/c1-12-11-13(5-8-17-12)15(19)18(2)14-3-6-16(7-4-14)20-9-10-21-16/h5,8,11,14H,3-4,6-7,9-10H2,1-2H3. The van der Waals surface area contributed by atoms with Gasteiger partial charge in [0.2, 0.25) is 0 Å². The molecule has 1 saturated heterocycles. The van der Waals surface area contributed by atoms with Gasteiger partial charge in [0.25, 0.3) is 5.91 Å². The van der Waals surface area contributed by atoms with Crippen LogP contribution in [0, 0.1) is 6.92 Å². The van der Waals surface area contributed by atoms with Gasteiger partial charge >= 0.3 is 0 Å². The molecule has 1 aliphatic carbocycles. The van der Waals surface area contributed by atoms with Gasteiger partial charge in [0.15, 0.2) is 5.79 Å². The first kappa shape index (κ1) is 14.5. The van der Waals surface area contributed by atoms with Crippen LogP contribution in [0.25, 0.3) is 0 Å². The van der Waals surface area contributed by atoms with Crippen LogP contribution in [0.15, 0.2) is 18.3 Å². The maximum atomic E-state index is 12.5. The van der Waals surface area contributed by atoms with E-state index in [1.165, 1.54) is 0 Å². The molecule has 2 heterocycles. The van der Waals surface area contributed by atoms with E-state index < -0.39 is 0 Å². The number of hydrogen-bond donors (Lipinski definition) is 0. The third kappa shape index (κ3) is 2.94. The minimum Gasteiger partial charge on any atom is -0.348 e. The lowest BCUT2D eigenvalue weighted by molar-refractivity contribution is -0.182. The van der Waals surface area contributed by atoms with Gasteiger partial charge < -0.3 is 14.4 Å². The highest BCUT2D eigenvalue weighted by atomic mass is 16.7. The van der Waals surface area contributed by atoms with Crippen LogP contribution in [-0.4, -0.2) is 47.9 Å². The van der Waals surface area contributed by atoms with E-state index >= 15 is 0 Å². The zero-order chi connectivity index (χ0) is 14.9. The molecule has 1 saturated carbocycles. The lowest BCUT2D eigenvalue weighted by Gasteiger charge is -2.39. The average molecular weight is 290 g/mol. The van der Waals surface area contributed by atoms with Gasteiger partial charge in [-0.3, -0.25) is 9.78 Å². The van der Waals surface area contributed by atoms with Gasteiger partial charge in [-0.05, 0) is 31.9 Å². The van der Waals surface area contributed by atoms with Crippen LogP contribution in [0.3, 0.4) is 0 Å². The fraction of sp³-hybridized carbons (Fsp3) is 0.625. The van der Waals surface area contributed by atoms with Gasteiger partial charge in [0.05, 0.1) is 13.2 Å². The molecule has 114 valence electrons. The van der Waals surface area contributed by atoms with Crippen molar-refractivity contribution in [3.05, 3.63) is 29.6 Å². The minimum atomic E-state index is -0.367. The highest BCUT2D eigenvalue weighted by Gasteiger charge is 2.41. The van der Waals surface area contributed by atoms with Crippen molar-refractivity contribution in [3.8, 4) is 0 Å². The minimum absolute atomic E-state index is 0.0645. The van der Waals surface area contributed by atoms with Crippen LogP contribution in [-0.2, 0) is 9.47 Å². The Morgan fingerprint density at radius 3 is 2.62 bits per heavy atom. The Morgan fingerprint density at radius 1 is 1.33 bits per heavy atom. The second-order valence-electron chi connectivity index (χ2n) is 5.94. The van der Waals surface area contributed by atoms with Crippen molar-refractivity contribution in [3.63, 3.8) is 0 Å². The lowest BCUT2D eigenvalue weighted by Crippen LogP contribution is -2.44. The number of aryl methyl sites for hydroxylation is 1. The molecule has 1 spiro atoms. The quantitative estimate of drug-likeness (QED) is 0.837. The monoisotopic (exact) mass is 290 g/mol. The zero-order valence-corrected chi connectivity index (χ0v) is 12.7. The Kier molecular flexibility index (Phi) is 3.95. The Morgan fingerprint density at radius 2 is 2.00 bits per heavy atom. The summed E-state index contributed by atoms with van der Waals surface area (Å²) in [6.07, 6.45) is 5.26. The molecule has 1 aromatic heterocycles. The van der Waals surface area contributed by atoms with Gasteiger partial charge in [-0.1, -0.05) is 0 Å². The van der Waals surface area contributed by atoms with Crippen molar-refractivity contribution in [2.24, 2.45) is 0 Å². The molecule has 2 aliphatic rings. The molecule has 21 heavy (non-hydrogen) atoms. The number of pyridine rings is 1. The van der Waals surface area contributed by atoms with E-state index in [0.29, 0.717) is 18.8 Å². The Bertz CT molecular complexity index is 516. The van der Waals surface area contributed by atoms with E-state index in [-0.39, 0.29) is 17.7 Å². The summed E-state index contributed by atoms with van der Waals surface area (Å²) in [6.45, 7) is 3.28. The smallest absolute Gasteiger partial charge is 0.253 e. The molecule has 0 aromatic carbocycles. The normalized spacial score (nSPS) is 21.6. The SMILES string of the molecule is Cc1cc(C(=O)N(C)C2CCC3(CC2)OCCO3)ccn1. The number of ether oxygens (including phenoxy) is 2. The topological polar surface area (TPSA) is 51.7 Å². The van der Waals surface area contributed by atoms with E-state index in [1.807, 2.05) is 24.9 Å². The van der Waals surface area contributed by atoms with Crippen molar-refractivity contribution in [2.75, 3.05) is 20.3 Å². The van der Waals surface area contributed by atoms with Crippen LogP contribution in [0.5, 0.6) is 0 Å². The highest BCUT2D eigenvalue weighted by molar-refractivity contribution is 5.94. The fourth-order valence-corrected chi connectivity index (χ4v) is 3.26. The molecule has 1 amide bonds. The van der Waals surface area contributed by atoms with Crippen molar-refractivity contribution < 1.29 is 14.3 Å². The van der Waals surface area contributed by atoms with Crippen molar-refractivity contribution in [1.82, 2.24) is 9.88 Å². The summed E-state index contributed by atoms with van der Waals surface area (Å²) >= 11 is 0. The summed E-state index contributed by atoms with van der Waals surface area (Å²) in [5.74, 6) is -0.303. The molecule has 1 aliphatic heterocycles. The molecule has 0 radical (unpaired) electrons. The Balaban J connectivity index is 1.63. The maximum absolute atomic E-state index is 12.5. The number of amides is 1. The predicted molar refractivity (Wildman–Crippen MR) is 78.0 cm³/mol. The van der Waals surface area contributed by atoms with Gasteiger partial charge in [-0.15, -0.1) is 0 Å². The van der Waals surface area contributed by atoms with Gasteiger partial charge in [-0.2, -0.15) is 0 Å². The summed E-state index contributed by atoms with van der Waals surface area (Å²) in [6, 6.07) is 3.87. The lowest BCUT2D eigenvalue weighted by atomic mass is 9.89. The summed E-state index contributed by atoms with van der Waals surface area (Å²) in [5.41, 5.74) is 1.57. The van der Waals surface area contributed by atoms with Gasteiger partial charge in [0.1, 0.15) is 0 Å². The number of nitrogens with zero attached hydrogens (tertiary/aromatic N) is 2. The predicted octanol–water partition coefficient (Wildman–Crippen LogP) is 2.15. The summed E-state index contributed by atoms with van der Waals surface area (Å²) in [4.78, 5) is 18.5.